The van der Waals surface area contributed by atoms with Crippen LogP contribution in [-0.4, -0.2) is 52.7 Å². The Morgan fingerprint density at radius 2 is 2.06 bits per heavy atom. The number of pyridine rings is 2. The van der Waals surface area contributed by atoms with Gasteiger partial charge in [0.05, 0.1) is 35.3 Å². The van der Waals surface area contributed by atoms with Crippen LogP contribution in [-0.2, 0) is 17.8 Å². The minimum atomic E-state index is -0.0738. The number of aryl methyl sites for hydroxylation is 1. The van der Waals surface area contributed by atoms with E-state index in [9.17, 15) is 4.79 Å². The van der Waals surface area contributed by atoms with Crippen LogP contribution in [0.3, 0.4) is 0 Å². The van der Waals surface area contributed by atoms with Gasteiger partial charge in [0.15, 0.2) is 0 Å². The molecule has 1 saturated heterocycles. The zero-order valence-electron chi connectivity index (χ0n) is 20.8. The Kier molecular flexibility index (Phi) is 5.70. The van der Waals surface area contributed by atoms with Crippen molar-refractivity contribution in [2.45, 2.75) is 32.4 Å². The average Bonchev–Trinajstić information content (AvgIpc) is 3.60. The summed E-state index contributed by atoms with van der Waals surface area (Å²) in [5, 5.41) is 11.0. The molecule has 2 N–H and O–H groups in total. The van der Waals surface area contributed by atoms with Crippen LogP contribution >= 0.6 is 0 Å². The molecule has 184 valence electrons. The second-order valence-corrected chi connectivity index (χ2v) is 9.88. The predicted octanol–water partition coefficient (Wildman–Crippen LogP) is 4.26. The van der Waals surface area contributed by atoms with Gasteiger partial charge in [0.2, 0.25) is 0 Å². The van der Waals surface area contributed by atoms with Gasteiger partial charge in [-0.1, -0.05) is 18.2 Å². The molecule has 1 amide bonds. The second kappa shape index (κ2) is 9.04. The first kappa shape index (κ1) is 22.7. The van der Waals surface area contributed by atoms with E-state index < -0.39 is 0 Å². The highest BCUT2D eigenvalue weighted by Gasteiger charge is 2.28. The van der Waals surface area contributed by atoms with Crippen molar-refractivity contribution in [3.05, 3.63) is 76.7 Å². The van der Waals surface area contributed by atoms with Crippen LogP contribution in [0.25, 0.3) is 16.6 Å². The minimum absolute atomic E-state index is 0.0738. The first-order chi connectivity index (χ1) is 17.5. The van der Waals surface area contributed by atoms with Gasteiger partial charge in [-0.05, 0) is 68.4 Å². The molecule has 0 spiro atoms. The van der Waals surface area contributed by atoms with Crippen molar-refractivity contribution in [3.63, 3.8) is 0 Å². The first-order valence-corrected chi connectivity index (χ1v) is 12.4. The van der Waals surface area contributed by atoms with E-state index in [1.807, 2.05) is 41.9 Å². The summed E-state index contributed by atoms with van der Waals surface area (Å²) in [4.78, 5) is 20.0. The quantitative estimate of drug-likeness (QED) is 0.427. The third-order valence-corrected chi connectivity index (χ3v) is 7.10. The molecule has 2 aliphatic heterocycles. The maximum absolute atomic E-state index is 12.9. The van der Waals surface area contributed by atoms with Gasteiger partial charge in [0, 0.05) is 36.9 Å². The summed E-state index contributed by atoms with van der Waals surface area (Å²) < 4.78 is 7.56. The van der Waals surface area contributed by atoms with Crippen LogP contribution in [0.2, 0.25) is 0 Å². The number of carbonyl (C=O) groups is 1. The molecule has 4 aromatic rings. The molecule has 0 aliphatic carbocycles. The topological polar surface area (TPSA) is 83.8 Å². The van der Waals surface area contributed by atoms with E-state index in [4.69, 9.17) is 9.72 Å². The van der Waals surface area contributed by atoms with Gasteiger partial charge >= 0.3 is 0 Å². The fraction of sp³-hybridized carbons (Fsp3) is 0.321. The number of amides is 1. The highest BCUT2D eigenvalue weighted by molar-refractivity contribution is 6.06. The lowest BCUT2D eigenvalue weighted by Gasteiger charge is -2.19. The lowest BCUT2D eigenvalue weighted by molar-refractivity contribution is 0.0966. The molecule has 0 bridgehead atoms. The summed E-state index contributed by atoms with van der Waals surface area (Å²) >= 11 is 0. The fourth-order valence-electron chi connectivity index (χ4n) is 5.36. The lowest BCUT2D eigenvalue weighted by Crippen LogP contribution is -2.16. The largest absolute Gasteiger partial charge is 0.381 e. The van der Waals surface area contributed by atoms with Crippen molar-refractivity contribution < 1.29 is 9.53 Å². The molecule has 36 heavy (non-hydrogen) atoms. The molecule has 3 aromatic heterocycles. The van der Waals surface area contributed by atoms with Crippen LogP contribution in [0.15, 0.2) is 48.7 Å². The van der Waals surface area contributed by atoms with E-state index in [1.165, 1.54) is 5.56 Å². The predicted molar refractivity (Wildman–Crippen MR) is 140 cm³/mol. The SMILES string of the molecule is Cc1cccc2c(-c3ccc(Nc4ccc(C5CCOC5)c(CN(C)C)n4)c4c3CNC4=O)cnn12. The van der Waals surface area contributed by atoms with Crippen LogP contribution in [0.4, 0.5) is 11.5 Å². The number of anilines is 2. The van der Waals surface area contributed by atoms with Crippen LogP contribution in [0.5, 0.6) is 0 Å². The van der Waals surface area contributed by atoms with Crippen LogP contribution in [0.1, 0.15) is 45.2 Å². The van der Waals surface area contributed by atoms with Crippen molar-refractivity contribution >= 4 is 22.9 Å². The Bertz CT molecular complexity index is 1470. The van der Waals surface area contributed by atoms with Crippen molar-refractivity contribution in [1.29, 1.82) is 0 Å². The molecule has 6 rings (SSSR count). The number of rotatable bonds is 6. The molecule has 1 unspecified atom stereocenters. The van der Waals surface area contributed by atoms with Gasteiger partial charge in [-0.2, -0.15) is 5.10 Å². The first-order valence-electron chi connectivity index (χ1n) is 12.4. The van der Waals surface area contributed by atoms with Crippen LogP contribution in [0, 0.1) is 6.92 Å². The number of nitrogens with one attached hydrogen (secondary N) is 2. The number of ether oxygens (including phenoxy) is 1. The van der Waals surface area contributed by atoms with E-state index in [-0.39, 0.29) is 5.91 Å². The third-order valence-electron chi connectivity index (χ3n) is 7.10. The molecule has 1 atom stereocenters. The lowest BCUT2D eigenvalue weighted by atomic mass is 9.95. The molecule has 1 aromatic carbocycles. The molecule has 5 heterocycles. The maximum Gasteiger partial charge on any atom is 0.254 e. The summed E-state index contributed by atoms with van der Waals surface area (Å²) in [5.41, 5.74) is 8.83. The van der Waals surface area contributed by atoms with Crippen molar-refractivity contribution in [2.24, 2.45) is 0 Å². The van der Waals surface area contributed by atoms with E-state index in [1.54, 1.807) is 0 Å². The van der Waals surface area contributed by atoms with E-state index in [0.29, 0.717) is 18.0 Å². The molecule has 8 heteroatoms. The van der Waals surface area contributed by atoms with E-state index in [0.717, 1.165) is 71.3 Å². The van der Waals surface area contributed by atoms with E-state index >= 15 is 0 Å². The molecule has 8 nitrogen and oxygen atoms in total. The average molecular weight is 483 g/mol. The summed E-state index contributed by atoms with van der Waals surface area (Å²) in [6, 6.07) is 14.3. The zero-order valence-corrected chi connectivity index (χ0v) is 20.8. The van der Waals surface area contributed by atoms with Crippen LogP contribution < -0.4 is 10.6 Å². The Morgan fingerprint density at radius 1 is 1.17 bits per heavy atom. The molecule has 0 radical (unpaired) electrons. The smallest absolute Gasteiger partial charge is 0.254 e. The monoisotopic (exact) mass is 482 g/mol. The van der Waals surface area contributed by atoms with Gasteiger partial charge < -0.3 is 20.3 Å². The molecule has 0 saturated carbocycles. The number of benzene rings is 1. The summed E-state index contributed by atoms with van der Waals surface area (Å²) in [5.74, 6) is 1.04. The van der Waals surface area contributed by atoms with Gasteiger partial charge in [0.1, 0.15) is 5.82 Å². The number of carbonyl (C=O) groups excluding carboxylic acids is 1. The maximum atomic E-state index is 12.9. The Balaban J connectivity index is 1.38. The summed E-state index contributed by atoms with van der Waals surface area (Å²) in [6.07, 6.45) is 2.90. The summed E-state index contributed by atoms with van der Waals surface area (Å²) in [6.45, 7) is 4.81. The van der Waals surface area contributed by atoms with Crippen molar-refractivity contribution in [1.82, 2.24) is 24.8 Å². The van der Waals surface area contributed by atoms with E-state index in [2.05, 4.69) is 52.9 Å². The van der Waals surface area contributed by atoms with Gasteiger partial charge in [-0.15, -0.1) is 0 Å². The Hall–Kier alpha value is -3.75. The van der Waals surface area contributed by atoms with Crippen molar-refractivity contribution in [2.75, 3.05) is 32.6 Å². The number of aromatic nitrogens is 3. The standard InChI is InChI=1S/C28H30N6O2/c1-17-5-4-6-25-21(14-30-34(17)25)20-7-9-23(27-22(20)13-29-28(27)35)31-26-10-8-19(18-11-12-36-16-18)24(32-26)15-33(2)3/h4-10,14,18H,11-13,15-16H2,1-3H3,(H,29,35)(H,31,32). The highest BCUT2D eigenvalue weighted by Crippen LogP contribution is 2.37. The molecular weight excluding hydrogens is 452 g/mol. The number of hydrogen-bond acceptors (Lipinski definition) is 6. The van der Waals surface area contributed by atoms with Crippen molar-refractivity contribution in [3.8, 4) is 11.1 Å². The van der Waals surface area contributed by atoms with Gasteiger partial charge in [-0.3, -0.25) is 4.79 Å². The number of fused-ring (bicyclic) bond motifs is 2. The van der Waals surface area contributed by atoms with Gasteiger partial charge in [0.25, 0.3) is 5.91 Å². The zero-order chi connectivity index (χ0) is 24.8. The molecule has 1 fully saturated rings. The minimum Gasteiger partial charge on any atom is -0.381 e. The third kappa shape index (κ3) is 3.92. The second-order valence-electron chi connectivity index (χ2n) is 9.88. The Labute approximate surface area is 210 Å². The highest BCUT2D eigenvalue weighted by atomic mass is 16.5. The Morgan fingerprint density at radius 3 is 2.86 bits per heavy atom. The molecule has 2 aliphatic rings. The number of nitrogens with zero attached hydrogens (tertiary/aromatic N) is 4. The fourth-order valence-corrected chi connectivity index (χ4v) is 5.36. The summed E-state index contributed by atoms with van der Waals surface area (Å²) in [7, 11) is 4.10. The molecular formula is C28H30N6O2. The van der Waals surface area contributed by atoms with Gasteiger partial charge in [-0.25, -0.2) is 9.50 Å². The normalized spacial score (nSPS) is 17.1. The number of hydrogen-bond donors (Lipinski definition) is 2.